The van der Waals surface area contributed by atoms with Crippen LogP contribution < -0.4 is 5.32 Å². The van der Waals surface area contributed by atoms with Gasteiger partial charge in [0, 0.05) is 12.1 Å². The summed E-state index contributed by atoms with van der Waals surface area (Å²) >= 11 is 0.808. The fourth-order valence-corrected chi connectivity index (χ4v) is 4.74. The lowest BCUT2D eigenvalue weighted by Gasteiger charge is -2.16. The van der Waals surface area contributed by atoms with E-state index in [-0.39, 0.29) is 28.5 Å². The van der Waals surface area contributed by atoms with E-state index in [4.69, 9.17) is 4.42 Å². The highest BCUT2D eigenvalue weighted by Crippen LogP contribution is 2.25. The minimum Gasteiger partial charge on any atom is -0.468 e. The molecule has 0 fully saturated rings. The first-order valence-electron chi connectivity index (χ1n) is 8.14. The number of benzene rings is 1. The maximum atomic E-state index is 12.8. The molecule has 0 unspecified atom stereocenters. The molecule has 27 heavy (non-hydrogen) atoms. The molecule has 10 heteroatoms. The van der Waals surface area contributed by atoms with Gasteiger partial charge in [-0.05, 0) is 31.2 Å². The van der Waals surface area contributed by atoms with Gasteiger partial charge in [0.25, 0.3) is 15.9 Å². The molecule has 1 aromatic carbocycles. The molecule has 2 aromatic heterocycles. The maximum Gasteiger partial charge on any atom is 0.272 e. The largest absolute Gasteiger partial charge is 0.468 e. The summed E-state index contributed by atoms with van der Waals surface area (Å²) in [6.07, 6.45) is 1.49. The molecule has 0 saturated heterocycles. The zero-order valence-corrected chi connectivity index (χ0v) is 16.4. The highest BCUT2D eigenvalue weighted by Gasteiger charge is 2.28. The molecule has 0 aliphatic rings. The van der Waals surface area contributed by atoms with Crippen LogP contribution in [0.5, 0.6) is 0 Å². The Morgan fingerprint density at radius 3 is 2.59 bits per heavy atom. The van der Waals surface area contributed by atoms with Gasteiger partial charge in [-0.15, -0.1) is 10.2 Å². The second kappa shape index (κ2) is 7.99. The Bertz CT molecular complexity index is 1010. The standard InChI is InChI=1S/C17H18N4O4S2/c1-3-21(11-14-5-4-10-25-14)27(23,24)17-20-19-16(26-17)18-15(22)13-8-6-12(2)7-9-13/h4-10H,3,11H2,1-2H3,(H,18,19,22). The average Bonchev–Trinajstić information content (AvgIpc) is 3.32. The van der Waals surface area contributed by atoms with Crippen LogP contribution in [-0.2, 0) is 16.6 Å². The van der Waals surface area contributed by atoms with Crippen molar-refractivity contribution in [1.29, 1.82) is 0 Å². The number of furan rings is 1. The summed E-state index contributed by atoms with van der Waals surface area (Å²) in [4.78, 5) is 12.2. The van der Waals surface area contributed by atoms with Crippen molar-refractivity contribution in [1.82, 2.24) is 14.5 Å². The number of rotatable bonds is 7. The molecule has 0 aliphatic heterocycles. The lowest BCUT2D eigenvalue weighted by atomic mass is 10.1. The third kappa shape index (κ3) is 4.41. The lowest BCUT2D eigenvalue weighted by Crippen LogP contribution is -2.30. The molecular weight excluding hydrogens is 388 g/mol. The van der Waals surface area contributed by atoms with Crippen LogP contribution in [0.25, 0.3) is 0 Å². The van der Waals surface area contributed by atoms with Crippen molar-refractivity contribution in [3.63, 3.8) is 0 Å². The molecule has 2 heterocycles. The average molecular weight is 406 g/mol. The summed E-state index contributed by atoms with van der Waals surface area (Å²) in [5.74, 6) is 0.149. The van der Waals surface area contributed by atoms with Crippen LogP contribution in [0, 0.1) is 6.92 Å². The molecule has 0 saturated carbocycles. The third-order valence-corrected chi connectivity index (χ3v) is 6.87. The summed E-state index contributed by atoms with van der Waals surface area (Å²) in [7, 11) is -3.85. The van der Waals surface area contributed by atoms with Gasteiger partial charge in [-0.3, -0.25) is 10.1 Å². The van der Waals surface area contributed by atoms with Crippen LogP contribution in [0.1, 0.15) is 28.6 Å². The Hall–Kier alpha value is -2.56. The highest BCUT2D eigenvalue weighted by molar-refractivity contribution is 7.91. The van der Waals surface area contributed by atoms with E-state index in [1.54, 1.807) is 31.2 Å². The molecule has 1 amide bonds. The fraction of sp³-hybridized carbons (Fsp3) is 0.235. The van der Waals surface area contributed by atoms with Crippen molar-refractivity contribution >= 4 is 32.4 Å². The quantitative estimate of drug-likeness (QED) is 0.605. The molecule has 0 bridgehead atoms. The number of sulfonamides is 1. The third-order valence-electron chi connectivity index (χ3n) is 3.77. The van der Waals surface area contributed by atoms with E-state index >= 15 is 0 Å². The number of nitrogens with one attached hydrogen (secondary N) is 1. The Balaban J connectivity index is 1.75. The molecule has 142 valence electrons. The number of anilines is 1. The number of aromatic nitrogens is 2. The first kappa shape index (κ1) is 19.2. The van der Waals surface area contributed by atoms with Crippen LogP contribution in [-0.4, -0.2) is 35.4 Å². The number of nitrogens with zero attached hydrogens (tertiary/aromatic N) is 3. The van der Waals surface area contributed by atoms with Crippen LogP contribution in [0.3, 0.4) is 0 Å². The van der Waals surface area contributed by atoms with Crippen molar-refractivity contribution in [2.24, 2.45) is 0 Å². The van der Waals surface area contributed by atoms with Crippen molar-refractivity contribution in [2.75, 3.05) is 11.9 Å². The molecule has 0 atom stereocenters. The molecule has 1 N–H and O–H groups in total. The lowest BCUT2D eigenvalue weighted by molar-refractivity contribution is 0.102. The molecule has 0 aliphatic carbocycles. The number of hydrogen-bond acceptors (Lipinski definition) is 7. The van der Waals surface area contributed by atoms with Crippen LogP contribution in [0.4, 0.5) is 5.13 Å². The van der Waals surface area contributed by atoms with Crippen molar-refractivity contribution in [3.05, 3.63) is 59.5 Å². The SMILES string of the molecule is CCN(Cc1ccco1)S(=O)(=O)c1nnc(NC(=O)c2ccc(C)cc2)s1. The second-order valence-electron chi connectivity index (χ2n) is 5.70. The Labute approximate surface area is 160 Å². The van der Waals surface area contributed by atoms with E-state index in [1.165, 1.54) is 10.6 Å². The number of amides is 1. The first-order chi connectivity index (χ1) is 12.9. The van der Waals surface area contributed by atoms with Gasteiger partial charge in [0.1, 0.15) is 5.76 Å². The van der Waals surface area contributed by atoms with Gasteiger partial charge >= 0.3 is 0 Å². The van der Waals surface area contributed by atoms with Crippen LogP contribution in [0.2, 0.25) is 0 Å². The van der Waals surface area contributed by atoms with Crippen molar-refractivity contribution < 1.29 is 17.6 Å². The Morgan fingerprint density at radius 1 is 1.22 bits per heavy atom. The topological polar surface area (TPSA) is 105 Å². The van der Waals surface area contributed by atoms with E-state index < -0.39 is 10.0 Å². The zero-order valence-electron chi connectivity index (χ0n) is 14.7. The molecular formula is C17H18N4O4S2. The van der Waals surface area contributed by atoms with E-state index in [9.17, 15) is 13.2 Å². The smallest absolute Gasteiger partial charge is 0.272 e. The Morgan fingerprint density at radius 2 is 1.96 bits per heavy atom. The van der Waals surface area contributed by atoms with Gasteiger partial charge in [-0.2, -0.15) is 4.31 Å². The van der Waals surface area contributed by atoms with Gasteiger partial charge < -0.3 is 4.42 Å². The van der Waals surface area contributed by atoms with E-state index in [2.05, 4.69) is 15.5 Å². The van der Waals surface area contributed by atoms with E-state index in [0.29, 0.717) is 11.3 Å². The number of carbonyl (C=O) groups excluding carboxylic acids is 1. The summed E-state index contributed by atoms with van der Waals surface area (Å²) in [5.41, 5.74) is 1.49. The van der Waals surface area contributed by atoms with Crippen molar-refractivity contribution in [2.45, 2.75) is 24.7 Å². The predicted molar refractivity (Wildman–Crippen MR) is 101 cm³/mol. The van der Waals surface area contributed by atoms with E-state index in [1.807, 2.05) is 19.1 Å². The zero-order chi connectivity index (χ0) is 19.4. The minimum absolute atomic E-state index is 0.0937. The first-order valence-corrected chi connectivity index (χ1v) is 10.4. The Kier molecular flexibility index (Phi) is 5.68. The summed E-state index contributed by atoms with van der Waals surface area (Å²) in [6, 6.07) is 10.4. The molecule has 0 spiro atoms. The molecule has 8 nitrogen and oxygen atoms in total. The van der Waals surface area contributed by atoms with Crippen LogP contribution in [0.15, 0.2) is 51.4 Å². The van der Waals surface area contributed by atoms with Gasteiger partial charge in [-0.25, -0.2) is 8.42 Å². The monoisotopic (exact) mass is 406 g/mol. The van der Waals surface area contributed by atoms with E-state index in [0.717, 1.165) is 16.9 Å². The second-order valence-corrected chi connectivity index (χ2v) is 8.79. The van der Waals surface area contributed by atoms with Gasteiger partial charge in [0.2, 0.25) is 9.47 Å². The minimum atomic E-state index is -3.85. The maximum absolute atomic E-state index is 12.8. The predicted octanol–water partition coefficient (Wildman–Crippen LogP) is 2.90. The number of hydrogen-bond donors (Lipinski definition) is 1. The highest BCUT2D eigenvalue weighted by atomic mass is 32.2. The van der Waals surface area contributed by atoms with Crippen LogP contribution >= 0.6 is 11.3 Å². The van der Waals surface area contributed by atoms with Gasteiger partial charge in [0.15, 0.2) is 0 Å². The number of carbonyl (C=O) groups is 1. The molecule has 3 rings (SSSR count). The number of aryl methyl sites for hydroxylation is 1. The summed E-state index contributed by atoms with van der Waals surface area (Å²) in [6.45, 7) is 3.98. The molecule has 0 radical (unpaired) electrons. The van der Waals surface area contributed by atoms with Crippen molar-refractivity contribution in [3.8, 4) is 0 Å². The summed E-state index contributed by atoms with van der Waals surface area (Å²) in [5, 5.41) is 10.2. The fourth-order valence-electron chi connectivity index (χ4n) is 2.29. The molecule has 3 aromatic rings. The normalized spacial score (nSPS) is 11.7. The summed E-state index contributed by atoms with van der Waals surface area (Å²) < 4.78 is 31.8. The van der Waals surface area contributed by atoms with Gasteiger partial charge in [-0.1, -0.05) is 36.0 Å². The van der Waals surface area contributed by atoms with Gasteiger partial charge in [0.05, 0.1) is 12.8 Å².